The van der Waals surface area contributed by atoms with Crippen molar-refractivity contribution in [2.75, 3.05) is 19.0 Å². The number of benzene rings is 2. The van der Waals surface area contributed by atoms with E-state index in [1.54, 1.807) is 20.2 Å². The Morgan fingerprint density at radius 2 is 2.00 bits per heavy atom. The molecule has 3 rings (SSSR count). The first kappa shape index (κ1) is 18.5. The van der Waals surface area contributed by atoms with E-state index in [0.717, 1.165) is 34.2 Å². The van der Waals surface area contributed by atoms with Crippen LogP contribution in [0, 0.1) is 0 Å². The van der Waals surface area contributed by atoms with E-state index in [-0.39, 0.29) is 12.3 Å². The number of nitrogens with one attached hydrogen (secondary N) is 1. The SMILES string of the molecule is CCOC(=O)c1nnsc1Nc1ccccc1N=Cc1ccc(OC)cc1. The fraction of sp³-hybridized carbons (Fsp3) is 0.158. The number of rotatable bonds is 7. The van der Waals surface area contributed by atoms with Gasteiger partial charge in [-0.05, 0) is 48.9 Å². The molecular weight excluding hydrogens is 364 g/mol. The number of ether oxygens (including phenoxy) is 2. The van der Waals surface area contributed by atoms with E-state index >= 15 is 0 Å². The smallest absolute Gasteiger partial charge is 0.362 e. The Kier molecular flexibility index (Phi) is 6.11. The van der Waals surface area contributed by atoms with Gasteiger partial charge in [0.1, 0.15) is 10.8 Å². The van der Waals surface area contributed by atoms with E-state index in [2.05, 4.69) is 19.9 Å². The first-order chi connectivity index (χ1) is 13.2. The lowest BCUT2D eigenvalue weighted by molar-refractivity contribution is 0.0520. The van der Waals surface area contributed by atoms with Crippen LogP contribution in [0.25, 0.3) is 0 Å². The van der Waals surface area contributed by atoms with Gasteiger partial charge in [0, 0.05) is 17.7 Å². The van der Waals surface area contributed by atoms with E-state index in [1.165, 1.54) is 0 Å². The van der Waals surface area contributed by atoms with Crippen LogP contribution in [-0.4, -0.2) is 35.5 Å². The lowest BCUT2D eigenvalue weighted by atomic mass is 10.2. The molecule has 0 aliphatic heterocycles. The molecule has 3 aromatic rings. The predicted octanol–water partition coefficient (Wildman–Crippen LogP) is 4.22. The minimum atomic E-state index is -0.507. The van der Waals surface area contributed by atoms with Crippen molar-refractivity contribution < 1.29 is 14.3 Å². The van der Waals surface area contributed by atoms with Crippen molar-refractivity contribution in [3.05, 3.63) is 59.8 Å². The highest BCUT2D eigenvalue weighted by molar-refractivity contribution is 7.10. The maximum atomic E-state index is 12.0. The van der Waals surface area contributed by atoms with Crippen molar-refractivity contribution in [1.82, 2.24) is 9.59 Å². The van der Waals surface area contributed by atoms with Gasteiger partial charge < -0.3 is 14.8 Å². The molecule has 2 aromatic carbocycles. The Hall–Kier alpha value is -3.26. The Labute approximate surface area is 160 Å². The van der Waals surface area contributed by atoms with E-state index in [0.29, 0.717) is 5.00 Å². The van der Waals surface area contributed by atoms with Gasteiger partial charge in [0.05, 0.1) is 25.1 Å². The number of carbonyl (C=O) groups excluding carboxylic acids is 1. The topological polar surface area (TPSA) is 85.7 Å². The fourth-order valence-corrected chi connectivity index (χ4v) is 2.82. The summed E-state index contributed by atoms with van der Waals surface area (Å²) < 4.78 is 14.0. The molecule has 8 heteroatoms. The normalized spacial score (nSPS) is 10.7. The molecule has 0 unspecified atom stereocenters. The number of aliphatic imine (C=N–C) groups is 1. The molecule has 0 saturated carbocycles. The van der Waals surface area contributed by atoms with Gasteiger partial charge in [-0.1, -0.05) is 16.6 Å². The molecule has 0 aliphatic rings. The molecule has 1 heterocycles. The average molecular weight is 382 g/mol. The van der Waals surface area contributed by atoms with Crippen LogP contribution >= 0.6 is 11.5 Å². The Balaban J connectivity index is 1.81. The monoisotopic (exact) mass is 382 g/mol. The van der Waals surface area contributed by atoms with Crippen LogP contribution in [-0.2, 0) is 4.74 Å². The van der Waals surface area contributed by atoms with Gasteiger partial charge in [-0.3, -0.25) is 4.99 Å². The highest BCUT2D eigenvalue weighted by atomic mass is 32.1. The molecule has 0 atom stereocenters. The average Bonchev–Trinajstić information content (AvgIpc) is 3.16. The predicted molar refractivity (Wildman–Crippen MR) is 106 cm³/mol. The van der Waals surface area contributed by atoms with Gasteiger partial charge >= 0.3 is 5.97 Å². The number of nitrogens with zero attached hydrogens (tertiary/aromatic N) is 3. The molecule has 1 aromatic heterocycles. The zero-order valence-corrected chi connectivity index (χ0v) is 15.7. The third-order valence-corrected chi connectivity index (χ3v) is 4.22. The Bertz CT molecular complexity index is 938. The molecule has 1 N–H and O–H groups in total. The van der Waals surface area contributed by atoms with Crippen molar-refractivity contribution in [3.63, 3.8) is 0 Å². The van der Waals surface area contributed by atoms with Gasteiger partial charge in [-0.15, -0.1) is 5.10 Å². The van der Waals surface area contributed by atoms with Gasteiger partial charge in [0.2, 0.25) is 5.69 Å². The lowest BCUT2D eigenvalue weighted by Gasteiger charge is -2.08. The molecule has 0 radical (unpaired) electrons. The Morgan fingerprint density at radius 3 is 2.74 bits per heavy atom. The van der Waals surface area contributed by atoms with Crippen LogP contribution in [0.3, 0.4) is 0 Å². The maximum Gasteiger partial charge on any atom is 0.362 e. The highest BCUT2D eigenvalue weighted by Gasteiger charge is 2.18. The Morgan fingerprint density at radius 1 is 1.22 bits per heavy atom. The lowest BCUT2D eigenvalue weighted by Crippen LogP contribution is -2.07. The number of para-hydroxylation sites is 2. The molecule has 138 valence electrons. The molecule has 0 fully saturated rings. The van der Waals surface area contributed by atoms with Crippen molar-refractivity contribution >= 4 is 40.1 Å². The number of anilines is 2. The second-order valence-electron chi connectivity index (χ2n) is 5.34. The highest BCUT2D eigenvalue weighted by Crippen LogP contribution is 2.30. The number of methoxy groups -OCH3 is 1. The summed E-state index contributed by atoms with van der Waals surface area (Å²) in [6.45, 7) is 2.02. The molecule has 0 bridgehead atoms. The quantitative estimate of drug-likeness (QED) is 0.486. The van der Waals surface area contributed by atoms with Gasteiger partial charge in [0.25, 0.3) is 0 Å². The number of hydrogen-bond acceptors (Lipinski definition) is 8. The third-order valence-electron chi connectivity index (χ3n) is 3.58. The third kappa shape index (κ3) is 4.68. The van der Waals surface area contributed by atoms with Gasteiger partial charge in [-0.2, -0.15) is 0 Å². The summed E-state index contributed by atoms with van der Waals surface area (Å²) in [4.78, 5) is 16.5. The van der Waals surface area contributed by atoms with Gasteiger partial charge in [0.15, 0.2) is 0 Å². The van der Waals surface area contributed by atoms with Crippen molar-refractivity contribution in [2.24, 2.45) is 4.99 Å². The zero-order valence-electron chi connectivity index (χ0n) is 14.9. The maximum absolute atomic E-state index is 12.0. The molecule has 0 aliphatic carbocycles. The number of esters is 1. The number of carbonyl (C=O) groups is 1. The van der Waals surface area contributed by atoms with E-state index in [4.69, 9.17) is 9.47 Å². The molecular formula is C19H18N4O3S. The summed E-state index contributed by atoms with van der Waals surface area (Å²) in [6, 6.07) is 15.1. The first-order valence-electron chi connectivity index (χ1n) is 8.25. The largest absolute Gasteiger partial charge is 0.497 e. The van der Waals surface area contributed by atoms with Crippen LogP contribution in [0.2, 0.25) is 0 Å². The van der Waals surface area contributed by atoms with E-state index in [9.17, 15) is 4.79 Å². The second-order valence-corrected chi connectivity index (χ2v) is 6.10. The van der Waals surface area contributed by atoms with E-state index < -0.39 is 5.97 Å². The van der Waals surface area contributed by atoms with E-state index in [1.807, 2.05) is 48.5 Å². The van der Waals surface area contributed by atoms with Gasteiger partial charge in [-0.25, -0.2) is 4.79 Å². The summed E-state index contributed by atoms with van der Waals surface area (Å²) in [5.41, 5.74) is 2.56. The summed E-state index contributed by atoms with van der Waals surface area (Å²) in [7, 11) is 1.63. The van der Waals surface area contributed by atoms with Crippen LogP contribution in [0.5, 0.6) is 5.75 Å². The van der Waals surface area contributed by atoms with Crippen LogP contribution in [0.15, 0.2) is 53.5 Å². The molecule has 0 spiro atoms. The van der Waals surface area contributed by atoms with Crippen LogP contribution < -0.4 is 10.1 Å². The number of aromatic nitrogens is 2. The number of hydrogen-bond donors (Lipinski definition) is 1. The standard InChI is InChI=1S/C19H18N4O3S/c1-3-26-19(24)17-18(27-23-22-17)21-16-7-5-4-6-15(16)20-12-13-8-10-14(25-2)11-9-13/h4-12,21H,3H2,1-2H3. The van der Waals surface area contributed by atoms with Crippen molar-refractivity contribution in [3.8, 4) is 5.75 Å². The fourth-order valence-electron chi connectivity index (χ4n) is 2.25. The minimum absolute atomic E-state index is 0.163. The summed E-state index contributed by atoms with van der Waals surface area (Å²) in [5, 5.41) is 7.54. The zero-order chi connectivity index (χ0) is 19.1. The van der Waals surface area contributed by atoms with Crippen LogP contribution in [0.1, 0.15) is 23.0 Å². The summed E-state index contributed by atoms with van der Waals surface area (Å²) in [5.74, 6) is 0.284. The summed E-state index contributed by atoms with van der Waals surface area (Å²) >= 11 is 1.09. The molecule has 7 nitrogen and oxygen atoms in total. The minimum Gasteiger partial charge on any atom is -0.497 e. The molecule has 27 heavy (non-hydrogen) atoms. The summed E-state index contributed by atoms with van der Waals surface area (Å²) in [6.07, 6.45) is 1.76. The second kappa shape index (κ2) is 8.91. The van der Waals surface area contributed by atoms with Crippen LogP contribution in [0.4, 0.5) is 16.4 Å². The van der Waals surface area contributed by atoms with Crippen molar-refractivity contribution in [1.29, 1.82) is 0 Å². The first-order valence-corrected chi connectivity index (χ1v) is 9.02. The molecule has 0 saturated heterocycles. The van der Waals surface area contributed by atoms with Crippen molar-refractivity contribution in [2.45, 2.75) is 6.92 Å². The molecule has 0 amide bonds.